The van der Waals surface area contributed by atoms with Gasteiger partial charge in [0.2, 0.25) is 0 Å². The van der Waals surface area contributed by atoms with Crippen molar-refractivity contribution in [2.24, 2.45) is 0 Å². The minimum absolute atomic E-state index is 0.323. The maximum absolute atomic E-state index is 3.60. The van der Waals surface area contributed by atoms with Crippen molar-refractivity contribution in [1.29, 1.82) is 0 Å². The highest BCUT2D eigenvalue weighted by Crippen LogP contribution is 2.37. The molecular weight excluding hydrogens is 320 g/mol. The third kappa shape index (κ3) is 3.41. The second kappa shape index (κ2) is 6.70. The number of nitrogens with one attached hydrogen (secondary N) is 1. The Morgan fingerprint density at radius 2 is 2.05 bits per heavy atom. The summed E-state index contributed by atoms with van der Waals surface area (Å²) in [6.07, 6.45) is 7.90. The first-order chi connectivity index (χ1) is 9.08. The van der Waals surface area contributed by atoms with Crippen LogP contribution in [0, 0.1) is 0 Å². The van der Waals surface area contributed by atoms with Gasteiger partial charge in [0.05, 0.1) is 0 Å². The lowest BCUT2D eigenvalue weighted by Gasteiger charge is -2.48. The van der Waals surface area contributed by atoms with Gasteiger partial charge in [-0.05, 0) is 62.4 Å². The van der Waals surface area contributed by atoms with E-state index in [9.17, 15) is 0 Å². The average molecular weight is 345 g/mol. The molecule has 1 aliphatic rings. The lowest BCUT2D eigenvalue weighted by Crippen LogP contribution is -2.60. The molecule has 19 heavy (non-hydrogen) atoms. The lowest BCUT2D eigenvalue weighted by atomic mass is 9.74. The smallest absolute Gasteiger partial charge is 0.0359 e. The zero-order valence-corrected chi connectivity index (χ0v) is 14.6. The highest BCUT2D eigenvalue weighted by molar-refractivity contribution is 9.10. The van der Waals surface area contributed by atoms with Crippen LogP contribution in [0.5, 0.6) is 0 Å². The van der Waals surface area contributed by atoms with Crippen molar-refractivity contribution in [2.75, 3.05) is 21.1 Å². The summed E-state index contributed by atoms with van der Waals surface area (Å²) < 4.78 is 1.21. The van der Waals surface area contributed by atoms with Gasteiger partial charge in [0.25, 0.3) is 0 Å². The standard InChI is InChI=1S/C15H25BrN2S/c1-17-14(10-13-9-12(16)11-19-13)15(18(2)3)7-5-4-6-8-15/h9,11,14,17H,4-8,10H2,1-3H3. The summed E-state index contributed by atoms with van der Waals surface area (Å²) in [5.41, 5.74) is 0.323. The second-order valence-electron chi connectivity index (χ2n) is 5.84. The molecule has 1 N–H and O–H groups in total. The fourth-order valence-electron chi connectivity index (χ4n) is 3.49. The summed E-state index contributed by atoms with van der Waals surface area (Å²) in [6.45, 7) is 0. The average Bonchev–Trinajstić information content (AvgIpc) is 2.82. The second-order valence-corrected chi connectivity index (χ2v) is 7.75. The predicted octanol–water partition coefficient (Wildman–Crippen LogP) is 3.91. The zero-order chi connectivity index (χ0) is 13.9. The van der Waals surface area contributed by atoms with Gasteiger partial charge in [0.15, 0.2) is 0 Å². The molecule has 1 aromatic heterocycles. The maximum atomic E-state index is 3.60. The van der Waals surface area contributed by atoms with Crippen LogP contribution < -0.4 is 5.32 Å². The van der Waals surface area contributed by atoms with E-state index >= 15 is 0 Å². The van der Waals surface area contributed by atoms with Gasteiger partial charge in [-0.25, -0.2) is 0 Å². The number of nitrogens with zero attached hydrogens (tertiary/aromatic N) is 1. The largest absolute Gasteiger partial charge is 0.315 e. The van der Waals surface area contributed by atoms with E-state index in [1.165, 1.54) is 41.5 Å². The molecule has 0 amide bonds. The van der Waals surface area contributed by atoms with Crippen molar-refractivity contribution < 1.29 is 0 Å². The summed E-state index contributed by atoms with van der Waals surface area (Å²) >= 11 is 5.42. The molecule has 1 aliphatic carbocycles. The molecule has 0 aromatic carbocycles. The molecule has 4 heteroatoms. The SMILES string of the molecule is CNC(Cc1cc(Br)cs1)C1(N(C)C)CCCCC1. The fourth-order valence-corrected chi connectivity index (χ4v) is 4.99. The van der Waals surface area contributed by atoms with Gasteiger partial charge < -0.3 is 10.2 Å². The van der Waals surface area contributed by atoms with Gasteiger partial charge >= 0.3 is 0 Å². The molecule has 1 atom stereocenters. The summed E-state index contributed by atoms with van der Waals surface area (Å²) in [5.74, 6) is 0. The highest BCUT2D eigenvalue weighted by atomic mass is 79.9. The van der Waals surface area contributed by atoms with E-state index in [0.717, 1.165) is 6.42 Å². The van der Waals surface area contributed by atoms with E-state index in [0.29, 0.717) is 11.6 Å². The molecule has 1 saturated carbocycles. The molecular formula is C15H25BrN2S. The van der Waals surface area contributed by atoms with Crippen molar-refractivity contribution in [3.05, 3.63) is 20.8 Å². The van der Waals surface area contributed by atoms with Crippen molar-refractivity contribution >= 4 is 27.3 Å². The molecule has 1 unspecified atom stereocenters. The number of halogens is 1. The molecule has 108 valence electrons. The summed E-state index contributed by atoms with van der Waals surface area (Å²) in [4.78, 5) is 3.94. The van der Waals surface area contributed by atoms with Crippen molar-refractivity contribution in [1.82, 2.24) is 10.2 Å². The van der Waals surface area contributed by atoms with Crippen LogP contribution in [0.4, 0.5) is 0 Å². The Balaban J connectivity index is 2.17. The highest BCUT2D eigenvalue weighted by Gasteiger charge is 2.41. The Bertz CT molecular complexity index is 397. The molecule has 2 nitrogen and oxygen atoms in total. The molecule has 1 heterocycles. The van der Waals surface area contributed by atoms with E-state index in [1.807, 2.05) is 11.3 Å². The number of hydrogen-bond acceptors (Lipinski definition) is 3. The normalized spacial score (nSPS) is 20.7. The minimum atomic E-state index is 0.323. The van der Waals surface area contributed by atoms with Crippen LogP contribution in [0.25, 0.3) is 0 Å². The van der Waals surface area contributed by atoms with Gasteiger partial charge in [0.1, 0.15) is 0 Å². The van der Waals surface area contributed by atoms with Crippen LogP contribution >= 0.6 is 27.3 Å². The van der Waals surface area contributed by atoms with Gasteiger partial charge in [-0.2, -0.15) is 0 Å². The first-order valence-corrected chi connectivity index (χ1v) is 8.83. The quantitative estimate of drug-likeness (QED) is 0.871. The molecule has 0 aliphatic heterocycles. The molecule has 2 rings (SSSR count). The Morgan fingerprint density at radius 1 is 1.37 bits per heavy atom. The Labute approximate surface area is 129 Å². The first-order valence-electron chi connectivity index (χ1n) is 7.16. The lowest BCUT2D eigenvalue weighted by molar-refractivity contribution is 0.0601. The molecule has 0 saturated heterocycles. The van der Waals surface area contributed by atoms with Crippen LogP contribution in [0.1, 0.15) is 37.0 Å². The third-order valence-corrected chi connectivity index (χ3v) is 6.35. The number of likely N-dealkylation sites (N-methyl/N-ethyl adjacent to an activating group) is 2. The van der Waals surface area contributed by atoms with Crippen molar-refractivity contribution in [2.45, 2.75) is 50.1 Å². The monoisotopic (exact) mass is 344 g/mol. The summed E-state index contributed by atoms with van der Waals surface area (Å²) in [7, 11) is 6.62. The third-order valence-electron chi connectivity index (χ3n) is 4.63. The minimum Gasteiger partial charge on any atom is -0.315 e. The van der Waals surface area contributed by atoms with Crippen LogP contribution in [0.2, 0.25) is 0 Å². The van der Waals surface area contributed by atoms with E-state index in [1.54, 1.807) is 0 Å². The molecule has 0 radical (unpaired) electrons. The van der Waals surface area contributed by atoms with Crippen LogP contribution in [0.3, 0.4) is 0 Å². The fraction of sp³-hybridized carbons (Fsp3) is 0.733. The number of rotatable bonds is 5. The van der Waals surface area contributed by atoms with Crippen LogP contribution in [0.15, 0.2) is 15.9 Å². The number of thiophene rings is 1. The van der Waals surface area contributed by atoms with E-state index in [2.05, 4.69) is 58.7 Å². The predicted molar refractivity (Wildman–Crippen MR) is 88.1 cm³/mol. The molecule has 1 aromatic rings. The van der Waals surface area contributed by atoms with Gasteiger partial charge in [0, 0.05) is 26.3 Å². The van der Waals surface area contributed by atoms with Gasteiger partial charge in [-0.3, -0.25) is 0 Å². The molecule has 1 fully saturated rings. The van der Waals surface area contributed by atoms with E-state index in [4.69, 9.17) is 0 Å². The Kier molecular flexibility index (Phi) is 5.46. The summed E-state index contributed by atoms with van der Waals surface area (Å²) in [6, 6.07) is 2.80. The first kappa shape index (κ1) is 15.5. The molecule has 0 bridgehead atoms. The van der Waals surface area contributed by atoms with Gasteiger partial charge in [-0.1, -0.05) is 19.3 Å². The van der Waals surface area contributed by atoms with Gasteiger partial charge in [-0.15, -0.1) is 11.3 Å². The van der Waals surface area contributed by atoms with E-state index < -0.39 is 0 Å². The maximum Gasteiger partial charge on any atom is 0.0359 e. The van der Waals surface area contributed by atoms with Crippen molar-refractivity contribution in [3.8, 4) is 0 Å². The topological polar surface area (TPSA) is 15.3 Å². The Morgan fingerprint density at radius 3 is 2.53 bits per heavy atom. The molecule has 0 spiro atoms. The summed E-state index contributed by atoms with van der Waals surface area (Å²) in [5, 5.41) is 5.79. The van der Waals surface area contributed by atoms with Crippen LogP contribution in [-0.2, 0) is 6.42 Å². The van der Waals surface area contributed by atoms with E-state index in [-0.39, 0.29) is 0 Å². The Hall–Kier alpha value is 0.1000. The zero-order valence-electron chi connectivity index (χ0n) is 12.2. The van der Waals surface area contributed by atoms with Crippen molar-refractivity contribution in [3.63, 3.8) is 0 Å². The number of hydrogen-bond donors (Lipinski definition) is 1. The van der Waals surface area contributed by atoms with Crippen LogP contribution in [-0.4, -0.2) is 37.6 Å².